The molecule has 2 N–H and O–H groups in total. The summed E-state index contributed by atoms with van der Waals surface area (Å²) < 4.78 is 2.16. The van der Waals surface area contributed by atoms with Gasteiger partial charge in [0.1, 0.15) is 5.82 Å². The maximum absolute atomic E-state index is 6.54. The van der Waals surface area contributed by atoms with E-state index >= 15 is 0 Å². The van der Waals surface area contributed by atoms with Crippen molar-refractivity contribution in [2.45, 2.75) is 51.6 Å². The first-order chi connectivity index (χ1) is 13.2. The number of aromatic nitrogens is 2. The summed E-state index contributed by atoms with van der Waals surface area (Å²) in [7, 11) is 0. The number of nitrogens with two attached hydrogens (primary N) is 1. The van der Waals surface area contributed by atoms with Crippen molar-refractivity contribution in [3.63, 3.8) is 0 Å². The molecule has 3 aromatic rings. The van der Waals surface area contributed by atoms with Gasteiger partial charge in [0.25, 0.3) is 0 Å². The van der Waals surface area contributed by atoms with E-state index in [-0.39, 0.29) is 6.04 Å². The molecule has 1 atom stereocenters. The highest BCUT2D eigenvalue weighted by atomic mass is 35.5. The molecule has 0 saturated carbocycles. The summed E-state index contributed by atoms with van der Waals surface area (Å²) in [5.74, 6) is 0.935. The van der Waals surface area contributed by atoms with E-state index in [1.807, 2.05) is 36.4 Å². The largest absolute Gasteiger partial charge is 0.328 e. The Morgan fingerprint density at radius 2 is 1.74 bits per heavy atom. The van der Waals surface area contributed by atoms with Crippen molar-refractivity contribution in [1.29, 1.82) is 0 Å². The number of nitrogens with zero attached hydrogens (tertiary/aromatic N) is 2. The molecule has 1 aromatic heterocycles. The minimum absolute atomic E-state index is 0.0678. The van der Waals surface area contributed by atoms with Gasteiger partial charge >= 0.3 is 0 Å². The summed E-state index contributed by atoms with van der Waals surface area (Å²) in [5, 5.41) is 0.773. The Morgan fingerprint density at radius 1 is 1.00 bits per heavy atom. The third kappa shape index (κ3) is 5.21. The van der Waals surface area contributed by atoms with Crippen LogP contribution in [0.15, 0.2) is 60.8 Å². The van der Waals surface area contributed by atoms with Gasteiger partial charge in [0.05, 0.1) is 18.3 Å². The SMILES string of the molecule is CCCCCCC(N)c1nc(-c2ccccc2)cn1Cc1ccccc1Cl. The number of halogens is 1. The van der Waals surface area contributed by atoms with Gasteiger partial charge < -0.3 is 10.3 Å². The van der Waals surface area contributed by atoms with E-state index in [9.17, 15) is 0 Å². The van der Waals surface area contributed by atoms with Crippen LogP contribution in [0, 0.1) is 0 Å². The lowest BCUT2D eigenvalue weighted by atomic mass is 10.1. The Hall–Kier alpha value is -2.10. The molecule has 3 nitrogen and oxygen atoms in total. The third-order valence-electron chi connectivity index (χ3n) is 4.88. The van der Waals surface area contributed by atoms with E-state index in [0.29, 0.717) is 6.54 Å². The zero-order valence-electron chi connectivity index (χ0n) is 15.9. The minimum atomic E-state index is -0.0678. The normalized spacial score (nSPS) is 12.3. The molecule has 0 aliphatic rings. The second-order valence-corrected chi connectivity index (χ2v) is 7.43. The Balaban J connectivity index is 1.87. The summed E-state index contributed by atoms with van der Waals surface area (Å²) in [4.78, 5) is 4.90. The van der Waals surface area contributed by atoms with Crippen molar-refractivity contribution in [3.05, 3.63) is 77.2 Å². The molecule has 4 heteroatoms. The average molecular weight is 382 g/mol. The average Bonchev–Trinajstić information content (AvgIpc) is 3.12. The van der Waals surface area contributed by atoms with E-state index in [1.54, 1.807) is 0 Å². The fourth-order valence-electron chi connectivity index (χ4n) is 3.33. The van der Waals surface area contributed by atoms with Crippen LogP contribution in [0.1, 0.15) is 56.5 Å². The highest BCUT2D eigenvalue weighted by Crippen LogP contribution is 2.26. The molecule has 0 aliphatic carbocycles. The molecule has 0 aliphatic heterocycles. The first kappa shape index (κ1) is 19.7. The molecule has 0 bridgehead atoms. The number of benzene rings is 2. The third-order valence-corrected chi connectivity index (χ3v) is 5.24. The van der Waals surface area contributed by atoms with E-state index in [2.05, 4.69) is 35.9 Å². The molecule has 0 saturated heterocycles. The van der Waals surface area contributed by atoms with Crippen LogP contribution in [0.5, 0.6) is 0 Å². The van der Waals surface area contributed by atoms with Gasteiger partial charge in [0.15, 0.2) is 0 Å². The molecule has 0 fully saturated rings. The molecule has 27 heavy (non-hydrogen) atoms. The Bertz CT molecular complexity index is 842. The van der Waals surface area contributed by atoms with Gasteiger partial charge in [-0.2, -0.15) is 0 Å². The van der Waals surface area contributed by atoms with Crippen molar-refractivity contribution < 1.29 is 0 Å². The predicted octanol–water partition coefficient (Wildman–Crippen LogP) is 6.22. The molecule has 1 heterocycles. The van der Waals surface area contributed by atoms with Gasteiger partial charge in [0, 0.05) is 16.8 Å². The summed E-state index contributed by atoms with van der Waals surface area (Å²) in [6.07, 6.45) is 7.90. The lowest BCUT2D eigenvalue weighted by molar-refractivity contribution is 0.527. The van der Waals surface area contributed by atoms with Crippen molar-refractivity contribution in [1.82, 2.24) is 9.55 Å². The maximum Gasteiger partial charge on any atom is 0.126 e. The number of imidazole rings is 1. The smallest absolute Gasteiger partial charge is 0.126 e. The van der Waals surface area contributed by atoms with Gasteiger partial charge in [0.2, 0.25) is 0 Å². The first-order valence-corrected chi connectivity index (χ1v) is 10.2. The molecule has 0 radical (unpaired) electrons. The van der Waals surface area contributed by atoms with Gasteiger partial charge in [-0.1, -0.05) is 92.7 Å². The van der Waals surface area contributed by atoms with Crippen LogP contribution in [-0.2, 0) is 6.54 Å². The highest BCUT2D eigenvalue weighted by molar-refractivity contribution is 6.31. The van der Waals surface area contributed by atoms with E-state index in [4.69, 9.17) is 22.3 Å². The van der Waals surface area contributed by atoms with Crippen LogP contribution < -0.4 is 5.73 Å². The van der Waals surface area contributed by atoms with Crippen LogP contribution in [-0.4, -0.2) is 9.55 Å². The van der Waals surface area contributed by atoms with Gasteiger partial charge in [-0.25, -0.2) is 4.98 Å². The molecule has 0 spiro atoms. The van der Waals surface area contributed by atoms with Crippen LogP contribution in [0.25, 0.3) is 11.3 Å². The van der Waals surface area contributed by atoms with Crippen LogP contribution in [0.4, 0.5) is 0 Å². The Kier molecular flexibility index (Phi) is 7.08. The Morgan fingerprint density at radius 3 is 2.48 bits per heavy atom. The van der Waals surface area contributed by atoms with E-state index < -0.39 is 0 Å². The predicted molar refractivity (Wildman–Crippen MR) is 114 cm³/mol. The van der Waals surface area contributed by atoms with Crippen molar-refractivity contribution in [2.75, 3.05) is 0 Å². The zero-order valence-corrected chi connectivity index (χ0v) is 16.7. The number of hydrogen-bond donors (Lipinski definition) is 1. The second-order valence-electron chi connectivity index (χ2n) is 7.03. The van der Waals surface area contributed by atoms with Crippen LogP contribution >= 0.6 is 11.6 Å². The number of unbranched alkanes of at least 4 members (excludes halogenated alkanes) is 3. The molecular formula is C23H28ClN3. The summed E-state index contributed by atoms with van der Waals surface area (Å²) in [6.45, 7) is 2.90. The lowest BCUT2D eigenvalue weighted by Gasteiger charge is -2.14. The molecule has 3 rings (SSSR count). The van der Waals surface area contributed by atoms with E-state index in [0.717, 1.165) is 40.5 Å². The quantitative estimate of drug-likeness (QED) is 0.447. The van der Waals surface area contributed by atoms with Crippen molar-refractivity contribution in [2.24, 2.45) is 5.73 Å². The number of rotatable bonds is 9. The fourth-order valence-corrected chi connectivity index (χ4v) is 3.53. The number of hydrogen-bond acceptors (Lipinski definition) is 2. The topological polar surface area (TPSA) is 43.8 Å². The minimum Gasteiger partial charge on any atom is -0.328 e. The summed E-state index contributed by atoms with van der Waals surface area (Å²) in [6, 6.07) is 18.1. The molecular weight excluding hydrogens is 354 g/mol. The second kappa shape index (κ2) is 9.72. The van der Waals surface area contributed by atoms with Crippen LogP contribution in [0.3, 0.4) is 0 Å². The molecule has 142 valence electrons. The summed E-state index contributed by atoms with van der Waals surface area (Å²) in [5.41, 5.74) is 9.69. The van der Waals surface area contributed by atoms with E-state index in [1.165, 1.54) is 19.3 Å². The zero-order chi connectivity index (χ0) is 19.1. The molecule has 2 aromatic carbocycles. The van der Waals surface area contributed by atoms with Gasteiger partial charge in [-0.05, 0) is 18.1 Å². The fraction of sp³-hybridized carbons (Fsp3) is 0.348. The van der Waals surface area contributed by atoms with Crippen LogP contribution in [0.2, 0.25) is 5.02 Å². The van der Waals surface area contributed by atoms with Gasteiger partial charge in [-0.15, -0.1) is 0 Å². The van der Waals surface area contributed by atoms with Crippen molar-refractivity contribution >= 4 is 11.6 Å². The lowest BCUT2D eigenvalue weighted by Crippen LogP contribution is -2.17. The van der Waals surface area contributed by atoms with Crippen molar-refractivity contribution in [3.8, 4) is 11.3 Å². The first-order valence-electron chi connectivity index (χ1n) is 9.80. The van der Waals surface area contributed by atoms with Gasteiger partial charge in [-0.3, -0.25) is 0 Å². The molecule has 0 amide bonds. The molecule has 1 unspecified atom stereocenters. The maximum atomic E-state index is 6.54. The monoisotopic (exact) mass is 381 g/mol. The summed E-state index contributed by atoms with van der Waals surface area (Å²) >= 11 is 6.38. The standard InChI is InChI=1S/C23H28ClN3/c1-2-3-4-8-15-21(25)23-26-22(18-11-6-5-7-12-18)17-27(23)16-19-13-9-10-14-20(19)24/h5-7,9-14,17,21H,2-4,8,15-16,25H2,1H3. The highest BCUT2D eigenvalue weighted by Gasteiger charge is 2.17. The Labute approximate surface area is 167 Å².